The molecule has 8 nitrogen and oxygen atoms in total. The largest absolute Gasteiger partial charge is 0.444 e. The standard InChI is InChI=1S/C19H41N5O3.HI/c1-8-12-24(18(25)27-19(2,3)4)15-11-22-17(20-5)21-10-14-23(6)13-9-16-26-7;/h8-16H2,1-7H3,(H2,20,21,22);1H. The maximum Gasteiger partial charge on any atom is 0.410 e. The summed E-state index contributed by atoms with van der Waals surface area (Å²) in [4.78, 5) is 20.5. The van der Waals surface area contributed by atoms with E-state index in [0.717, 1.165) is 45.0 Å². The number of nitrogens with one attached hydrogen (secondary N) is 2. The van der Waals surface area contributed by atoms with Gasteiger partial charge in [0.1, 0.15) is 5.60 Å². The average molecular weight is 515 g/mol. The van der Waals surface area contributed by atoms with E-state index in [9.17, 15) is 4.79 Å². The molecule has 28 heavy (non-hydrogen) atoms. The Balaban J connectivity index is 0. The summed E-state index contributed by atoms with van der Waals surface area (Å²) in [6.45, 7) is 13.1. The Kier molecular flexibility index (Phi) is 17.9. The number of halogens is 1. The molecule has 0 heterocycles. The Morgan fingerprint density at radius 3 is 2.18 bits per heavy atom. The van der Waals surface area contributed by atoms with Gasteiger partial charge in [0.25, 0.3) is 0 Å². The van der Waals surface area contributed by atoms with Crippen molar-refractivity contribution >= 4 is 36.0 Å². The van der Waals surface area contributed by atoms with Crippen molar-refractivity contribution in [2.45, 2.75) is 46.1 Å². The van der Waals surface area contributed by atoms with Crippen LogP contribution in [0.1, 0.15) is 40.5 Å². The summed E-state index contributed by atoms with van der Waals surface area (Å²) in [5, 5.41) is 6.55. The summed E-state index contributed by atoms with van der Waals surface area (Å²) in [6.07, 6.45) is 1.64. The molecule has 0 aromatic heterocycles. The smallest absolute Gasteiger partial charge is 0.410 e. The number of likely N-dealkylation sites (N-methyl/N-ethyl adjacent to an activating group) is 1. The molecule has 0 atom stereocenters. The number of nitrogens with zero attached hydrogens (tertiary/aromatic N) is 3. The van der Waals surface area contributed by atoms with Gasteiger partial charge in [-0.1, -0.05) is 6.92 Å². The molecule has 0 saturated carbocycles. The van der Waals surface area contributed by atoms with Crippen LogP contribution in [0.15, 0.2) is 4.99 Å². The molecule has 0 spiro atoms. The van der Waals surface area contributed by atoms with Crippen LogP contribution in [0.25, 0.3) is 0 Å². The molecule has 9 heteroatoms. The van der Waals surface area contributed by atoms with Crippen molar-refractivity contribution in [1.29, 1.82) is 0 Å². The van der Waals surface area contributed by atoms with Crippen molar-refractivity contribution in [2.24, 2.45) is 4.99 Å². The van der Waals surface area contributed by atoms with Crippen LogP contribution < -0.4 is 10.6 Å². The first-order valence-electron chi connectivity index (χ1n) is 9.83. The summed E-state index contributed by atoms with van der Waals surface area (Å²) in [5.74, 6) is 0.737. The third-order valence-electron chi connectivity index (χ3n) is 3.72. The highest BCUT2D eigenvalue weighted by molar-refractivity contribution is 14.0. The van der Waals surface area contributed by atoms with Gasteiger partial charge in [-0.05, 0) is 40.7 Å². The van der Waals surface area contributed by atoms with Crippen LogP contribution >= 0.6 is 24.0 Å². The van der Waals surface area contributed by atoms with E-state index in [1.807, 2.05) is 20.8 Å². The summed E-state index contributed by atoms with van der Waals surface area (Å²) < 4.78 is 10.5. The number of amides is 1. The fraction of sp³-hybridized carbons (Fsp3) is 0.895. The van der Waals surface area contributed by atoms with Crippen molar-refractivity contribution in [2.75, 3.05) is 67.1 Å². The van der Waals surface area contributed by atoms with Gasteiger partial charge in [-0.2, -0.15) is 0 Å². The lowest BCUT2D eigenvalue weighted by Gasteiger charge is -2.27. The molecule has 0 radical (unpaired) electrons. The molecule has 0 aromatic rings. The minimum atomic E-state index is -0.483. The SMILES string of the molecule is CCCN(CCNC(=NC)NCCN(C)CCCOC)C(=O)OC(C)(C)C.I. The van der Waals surface area contributed by atoms with Crippen LogP contribution in [0, 0.1) is 0 Å². The molecule has 1 amide bonds. The highest BCUT2D eigenvalue weighted by atomic mass is 127. The molecule has 0 aromatic carbocycles. The van der Waals surface area contributed by atoms with Gasteiger partial charge in [-0.25, -0.2) is 4.79 Å². The predicted molar refractivity (Wildman–Crippen MR) is 127 cm³/mol. The Morgan fingerprint density at radius 1 is 1.07 bits per heavy atom. The number of carbonyl (C=O) groups excluding carboxylic acids is 1. The summed E-state index contributed by atoms with van der Waals surface area (Å²) in [7, 11) is 5.56. The second-order valence-electron chi connectivity index (χ2n) is 7.54. The summed E-state index contributed by atoms with van der Waals surface area (Å²) in [6, 6.07) is 0. The van der Waals surface area contributed by atoms with E-state index in [2.05, 4.69) is 34.5 Å². The van der Waals surface area contributed by atoms with E-state index < -0.39 is 5.60 Å². The highest BCUT2D eigenvalue weighted by Crippen LogP contribution is 2.10. The molecule has 168 valence electrons. The quantitative estimate of drug-likeness (QED) is 0.180. The van der Waals surface area contributed by atoms with Crippen LogP contribution in [0.4, 0.5) is 4.79 Å². The minimum Gasteiger partial charge on any atom is -0.444 e. The molecule has 0 saturated heterocycles. The van der Waals surface area contributed by atoms with Crippen LogP contribution in [0.5, 0.6) is 0 Å². The fourth-order valence-electron chi connectivity index (χ4n) is 2.38. The lowest BCUT2D eigenvalue weighted by molar-refractivity contribution is 0.0253. The lowest BCUT2D eigenvalue weighted by atomic mass is 10.2. The normalized spacial score (nSPS) is 11.8. The van der Waals surface area contributed by atoms with Gasteiger partial charge in [0.05, 0.1) is 0 Å². The van der Waals surface area contributed by atoms with Crippen molar-refractivity contribution in [3.63, 3.8) is 0 Å². The molecular formula is C19H42IN5O3. The maximum atomic E-state index is 12.3. The monoisotopic (exact) mass is 515 g/mol. The minimum absolute atomic E-state index is 0. The lowest BCUT2D eigenvalue weighted by Crippen LogP contribution is -2.45. The van der Waals surface area contributed by atoms with Crippen molar-refractivity contribution in [3.8, 4) is 0 Å². The third kappa shape index (κ3) is 16.2. The van der Waals surface area contributed by atoms with Crippen molar-refractivity contribution < 1.29 is 14.3 Å². The number of carbonyl (C=O) groups is 1. The second-order valence-corrected chi connectivity index (χ2v) is 7.54. The van der Waals surface area contributed by atoms with E-state index in [1.54, 1.807) is 19.1 Å². The first kappa shape index (κ1) is 29.4. The van der Waals surface area contributed by atoms with E-state index in [4.69, 9.17) is 9.47 Å². The Bertz CT molecular complexity index is 430. The summed E-state index contributed by atoms with van der Waals surface area (Å²) >= 11 is 0. The zero-order chi connectivity index (χ0) is 20.7. The van der Waals surface area contributed by atoms with Crippen molar-refractivity contribution in [3.05, 3.63) is 0 Å². The number of aliphatic imine (C=N–C) groups is 1. The van der Waals surface area contributed by atoms with E-state index in [0.29, 0.717) is 19.6 Å². The van der Waals surface area contributed by atoms with Gasteiger partial charge in [-0.3, -0.25) is 4.99 Å². The molecular weight excluding hydrogens is 473 g/mol. The molecule has 0 aliphatic carbocycles. The van der Waals surface area contributed by atoms with Gasteiger partial charge in [-0.15, -0.1) is 24.0 Å². The fourth-order valence-corrected chi connectivity index (χ4v) is 2.38. The number of guanidine groups is 1. The van der Waals surface area contributed by atoms with Crippen LogP contribution in [0.2, 0.25) is 0 Å². The van der Waals surface area contributed by atoms with Crippen LogP contribution in [0.3, 0.4) is 0 Å². The second kappa shape index (κ2) is 17.1. The molecule has 0 bridgehead atoms. The third-order valence-corrected chi connectivity index (χ3v) is 3.72. The molecule has 0 aliphatic rings. The molecule has 0 fully saturated rings. The van der Waals surface area contributed by atoms with Crippen molar-refractivity contribution in [1.82, 2.24) is 20.4 Å². The van der Waals surface area contributed by atoms with Gasteiger partial charge in [0.2, 0.25) is 0 Å². The Labute approximate surface area is 188 Å². The van der Waals surface area contributed by atoms with E-state index >= 15 is 0 Å². The van der Waals surface area contributed by atoms with Gasteiger partial charge in [0, 0.05) is 60.0 Å². The Hall–Kier alpha value is -0.810. The van der Waals surface area contributed by atoms with E-state index in [1.165, 1.54) is 0 Å². The van der Waals surface area contributed by atoms with E-state index in [-0.39, 0.29) is 30.1 Å². The molecule has 0 unspecified atom stereocenters. The maximum absolute atomic E-state index is 12.3. The number of hydrogen-bond acceptors (Lipinski definition) is 5. The van der Waals surface area contributed by atoms with Gasteiger partial charge >= 0.3 is 6.09 Å². The predicted octanol–water partition coefficient (Wildman–Crippen LogP) is 2.38. The zero-order valence-electron chi connectivity index (χ0n) is 18.8. The van der Waals surface area contributed by atoms with Crippen LogP contribution in [-0.4, -0.2) is 94.5 Å². The van der Waals surface area contributed by atoms with Gasteiger partial charge in [0.15, 0.2) is 5.96 Å². The zero-order valence-corrected chi connectivity index (χ0v) is 21.2. The number of ether oxygens (including phenoxy) is 2. The number of rotatable bonds is 12. The number of hydrogen-bond donors (Lipinski definition) is 2. The van der Waals surface area contributed by atoms with Gasteiger partial charge < -0.3 is 29.9 Å². The first-order valence-corrected chi connectivity index (χ1v) is 9.83. The first-order chi connectivity index (χ1) is 12.7. The molecule has 0 rings (SSSR count). The molecule has 0 aliphatic heterocycles. The topological polar surface area (TPSA) is 78.4 Å². The number of methoxy groups -OCH3 is 1. The average Bonchev–Trinajstić information content (AvgIpc) is 2.58. The van der Waals surface area contributed by atoms with Crippen LogP contribution in [-0.2, 0) is 9.47 Å². The summed E-state index contributed by atoms with van der Waals surface area (Å²) in [5.41, 5.74) is -0.483. The Morgan fingerprint density at radius 2 is 1.68 bits per heavy atom. The highest BCUT2D eigenvalue weighted by Gasteiger charge is 2.21. The molecule has 2 N–H and O–H groups in total.